The molecule has 0 heteroatoms. The largest absolute Gasteiger partial charge is 0.0613 e. The maximum absolute atomic E-state index is 2.42. The van der Waals surface area contributed by atoms with Gasteiger partial charge in [0.15, 0.2) is 0 Å². The Labute approximate surface area is 129 Å². The van der Waals surface area contributed by atoms with Crippen molar-refractivity contribution in [3.63, 3.8) is 0 Å². The maximum atomic E-state index is 2.42. The zero-order chi connectivity index (χ0) is 15.4. The predicted molar refractivity (Wildman–Crippen MR) is 92.1 cm³/mol. The molecule has 2 aromatic carbocycles. The molecule has 0 aliphatic heterocycles. The molecule has 0 bridgehead atoms. The second-order valence-electron chi connectivity index (χ2n) is 8.38. The van der Waals surface area contributed by atoms with E-state index in [2.05, 4.69) is 77.9 Å². The number of fused-ring (bicyclic) bond motifs is 3. The Balaban J connectivity index is 2.14. The van der Waals surface area contributed by atoms with E-state index in [0.717, 1.165) is 6.42 Å². The van der Waals surface area contributed by atoms with E-state index in [0.29, 0.717) is 0 Å². The van der Waals surface area contributed by atoms with Crippen LogP contribution in [0.25, 0.3) is 11.1 Å². The lowest BCUT2D eigenvalue weighted by molar-refractivity contribution is 0.584. The highest BCUT2D eigenvalue weighted by atomic mass is 14.3. The van der Waals surface area contributed by atoms with Crippen molar-refractivity contribution >= 4 is 0 Å². The van der Waals surface area contributed by atoms with E-state index in [4.69, 9.17) is 0 Å². The molecule has 0 atom stereocenters. The third-order valence-electron chi connectivity index (χ3n) is 4.61. The first-order chi connectivity index (χ1) is 9.68. The van der Waals surface area contributed by atoms with Gasteiger partial charge in [-0.15, -0.1) is 0 Å². The van der Waals surface area contributed by atoms with Crippen LogP contribution < -0.4 is 0 Å². The summed E-state index contributed by atoms with van der Waals surface area (Å²) >= 11 is 0. The van der Waals surface area contributed by atoms with Crippen molar-refractivity contribution in [3.8, 4) is 11.1 Å². The van der Waals surface area contributed by atoms with E-state index in [-0.39, 0.29) is 10.8 Å². The molecule has 0 fully saturated rings. The fourth-order valence-electron chi connectivity index (χ4n) is 3.39. The predicted octanol–water partition coefficient (Wildman–Crippen LogP) is 5.85. The summed E-state index contributed by atoms with van der Waals surface area (Å²) in [6, 6.07) is 13.8. The molecule has 110 valence electrons. The Kier molecular flexibility index (Phi) is 3.06. The van der Waals surface area contributed by atoms with Crippen LogP contribution in [0.15, 0.2) is 36.4 Å². The van der Waals surface area contributed by atoms with Crippen molar-refractivity contribution in [2.75, 3.05) is 0 Å². The first kappa shape index (κ1) is 14.4. The van der Waals surface area contributed by atoms with Crippen molar-refractivity contribution < 1.29 is 0 Å². The van der Waals surface area contributed by atoms with Gasteiger partial charge in [0.1, 0.15) is 0 Å². The van der Waals surface area contributed by atoms with Gasteiger partial charge in [-0.3, -0.25) is 0 Å². The lowest BCUT2D eigenvalue weighted by Gasteiger charge is -2.22. The molecule has 0 saturated heterocycles. The average Bonchev–Trinajstić information content (AvgIpc) is 2.73. The Morgan fingerprint density at radius 1 is 0.762 bits per heavy atom. The average molecular weight is 278 g/mol. The molecule has 21 heavy (non-hydrogen) atoms. The molecule has 0 radical (unpaired) electrons. The summed E-state index contributed by atoms with van der Waals surface area (Å²) in [4.78, 5) is 0. The fourth-order valence-corrected chi connectivity index (χ4v) is 3.39. The Morgan fingerprint density at radius 3 is 2.10 bits per heavy atom. The fraction of sp³-hybridized carbons (Fsp3) is 0.429. The monoisotopic (exact) mass is 278 g/mol. The lowest BCUT2D eigenvalue weighted by Crippen LogP contribution is -2.13. The van der Waals surface area contributed by atoms with E-state index in [1.54, 1.807) is 0 Å². The normalized spacial score (nSPS) is 14.0. The van der Waals surface area contributed by atoms with Gasteiger partial charge in [-0.1, -0.05) is 77.9 Å². The van der Waals surface area contributed by atoms with Gasteiger partial charge in [0.25, 0.3) is 0 Å². The summed E-state index contributed by atoms with van der Waals surface area (Å²) in [6.07, 6.45) is 1.09. The summed E-state index contributed by atoms with van der Waals surface area (Å²) in [5, 5.41) is 0. The topological polar surface area (TPSA) is 0 Å². The first-order valence-corrected chi connectivity index (χ1v) is 7.94. The van der Waals surface area contributed by atoms with Crippen LogP contribution in [0.3, 0.4) is 0 Å². The molecule has 0 spiro atoms. The van der Waals surface area contributed by atoms with Crippen molar-refractivity contribution in [2.24, 2.45) is 0 Å². The second-order valence-corrected chi connectivity index (χ2v) is 8.38. The Hall–Kier alpha value is -1.56. The standard InChI is InChI=1S/C21H26/c1-20(2,3)15-10-11-16-14(12-15)13-18-17(16)8-7-9-19(18)21(4,5)6/h7-12H,13H2,1-6H3. The van der Waals surface area contributed by atoms with Crippen LogP contribution in [0, 0.1) is 0 Å². The molecule has 0 N–H and O–H groups in total. The smallest absolute Gasteiger partial charge is 0.00104 e. The molecule has 2 aromatic rings. The van der Waals surface area contributed by atoms with Gasteiger partial charge in [0, 0.05) is 0 Å². The molecule has 1 aliphatic carbocycles. The number of hydrogen-bond donors (Lipinski definition) is 0. The van der Waals surface area contributed by atoms with Crippen LogP contribution in [-0.4, -0.2) is 0 Å². The molecule has 0 saturated carbocycles. The minimum atomic E-state index is 0.209. The molecule has 0 unspecified atom stereocenters. The van der Waals surface area contributed by atoms with Gasteiger partial charge < -0.3 is 0 Å². The highest BCUT2D eigenvalue weighted by molar-refractivity contribution is 5.78. The SMILES string of the molecule is CC(C)(C)c1ccc2c(c1)Cc1c-2cccc1C(C)(C)C. The van der Waals surface area contributed by atoms with Gasteiger partial charge in [0.2, 0.25) is 0 Å². The maximum Gasteiger partial charge on any atom is -0.00104 e. The van der Waals surface area contributed by atoms with Crippen LogP contribution in [0.2, 0.25) is 0 Å². The quantitative estimate of drug-likeness (QED) is 0.483. The number of benzene rings is 2. The van der Waals surface area contributed by atoms with Crippen molar-refractivity contribution in [1.29, 1.82) is 0 Å². The summed E-state index contributed by atoms with van der Waals surface area (Å²) in [5.74, 6) is 0. The molecular formula is C21H26. The summed E-state index contributed by atoms with van der Waals surface area (Å²) in [6.45, 7) is 13.8. The van der Waals surface area contributed by atoms with Gasteiger partial charge in [0.05, 0.1) is 0 Å². The summed E-state index contributed by atoms with van der Waals surface area (Å²) in [7, 11) is 0. The van der Waals surface area contributed by atoms with Crippen LogP contribution in [0.4, 0.5) is 0 Å². The van der Waals surface area contributed by atoms with E-state index < -0.39 is 0 Å². The van der Waals surface area contributed by atoms with Crippen LogP contribution in [0.5, 0.6) is 0 Å². The van der Waals surface area contributed by atoms with Gasteiger partial charge in [-0.25, -0.2) is 0 Å². The molecular weight excluding hydrogens is 252 g/mol. The van der Waals surface area contributed by atoms with Crippen molar-refractivity contribution in [3.05, 3.63) is 58.7 Å². The van der Waals surface area contributed by atoms with Gasteiger partial charge in [-0.05, 0) is 50.6 Å². The number of hydrogen-bond acceptors (Lipinski definition) is 0. The van der Waals surface area contributed by atoms with Gasteiger partial charge >= 0.3 is 0 Å². The van der Waals surface area contributed by atoms with E-state index in [1.165, 1.54) is 33.4 Å². The molecule has 3 rings (SSSR count). The van der Waals surface area contributed by atoms with E-state index in [1.807, 2.05) is 0 Å². The number of rotatable bonds is 0. The molecule has 0 amide bonds. The third-order valence-corrected chi connectivity index (χ3v) is 4.61. The Morgan fingerprint density at radius 2 is 1.48 bits per heavy atom. The van der Waals surface area contributed by atoms with Crippen molar-refractivity contribution in [1.82, 2.24) is 0 Å². The molecule has 0 aromatic heterocycles. The molecule has 0 nitrogen and oxygen atoms in total. The van der Waals surface area contributed by atoms with Crippen LogP contribution in [-0.2, 0) is 17.3 Å². The highest BCUT2D eigenvalue weighted by Gasteiger charge is 2.27. The zero-order valence-corrected chi connectivity index (χ0v) is 14.2. The summed E-state index contributed by atoms with van der Waals surface area (Å²) in [5.41, 5.74) is 9.26. The van der Waals surface area contributed by atoms with Gasteiger partial charge in [-0.2, -0.15) is 0 Å². The Bertz CT molecular complexity index is 691. The van der Waals surface area contributed by atoms with Crippen molar-refractivity contribution in [2.45, 2.75) is 58.8 Å². The zero-order valence-electron chi connectivity index (χ0n) is 14.2. The third kappa shape index (κ3) is 2.41. The minimum Gasteiger partial charge on any atom is -0.0613 e. The first-order valence-electron chi connectivity index (χ1n) is 7.94. The van der Waals surface area contributed by atoms with E-state index in [9.17, 15) is 0 Å². The molecule has 0 heterocycles. The second kappa shape index (κ2) is 4.47. The highest BCUT2D eigenvalue weighted by Crippen LogP contribution is 2.42. The molecule has 1 aliphatic rings. The lowest BCUT2D eigenvalue weighted by atomic mass is 9.82. The minimum absolute atomic E-state index is 0.209. The van der Waals surface area contributed by atoms with E-state index >= 15 is 0 Å². The van der Waals surface area contributed by atoms with Crippen LogP contribution in [0.1, 0.15) is 63.8 Å². The summed E-state index contributed by atoms with van der Waals surface area (Å²) < 4.78 is 0. The van der Waals surface area contributed by atoms with Crippen LogP contribution >= 0.6 is 0 Å².